The van der Waals surface area contributed by atoms with Gasteiger partial charge >= 0.3 is 5.13 Å². The molecule has 0 aliphatic carbocycles. The highest BCUT2D eigenvalue weighted by Gasteiger charge is 2.29. The van der Waals surface area contributed by atoms with E-state index in [1.54, 1.807) is 11.3 Å². The fourth-order valence-corrected chi connectivity index (χ4v) is 4.63. The Morgan fingerprint density at radius 3 is 2.03 bits per heavy atom. The molecule has 0 saturated heterocycles. The molecule has 2 aromatic carbocycles. The van der Waals surface area contributed by atoms with Crippen LogP contribution in [0.3, 0.4) is 0 Å². The van der Waals surface area contributed by atoms with E-state index in [0.717, 1.165) is 33.2 Å². The van der Waals surface area contributed by atoms with E-state index in [9.17, 15) is 5.11 Å². The van der Waals surface area contributed by atoms with Crippen LogP contribution in [0.25, 0.3) is 11.3 Å². The summed E-state index contributed by atoms with van der Waals surface area (Å²) in [7, 11) is 0. The largest absolute Gasteiger partial charge is 0.507 e. The number of aromatic hydroxyl groups is 1. The van der Waals surface area contributed by atoms with Crippen molar-refractivity contribution < 1.29 is 9.67 Å². The minimum atomic E-state index is -0.164. The van der Waals surface area contributed by atoms with Crippen LogP contribution in [-0.2, 0) is 17.4 Å². The topological polar surface area (TPSA) is 36.1 Å². The number of nitrogens with zero attached hydrogens (tertiary/aromatic N) is 1. The Labute approximate surface area is 191 Å². The molecule has 0 amide bonds. The molecule has 0 unspecified atom stereocenters. The molecule has 2 N–H and O–H groups in total. The lowest BCUT2D eigenvalue weighted by molar-refractivity contribution is -0.657. The molecule has 0 fully saturated rings. The number of anilines is 2. The smallest absolute Gasteiger partial charge is 0.339 e. The number of phenolic OH excluding ortho intramolecular Hbond substituents is 1. The van der Waals surface area contributed by atoms with Crippen LogP contribution in [0, 0.1) is 6.92 Å². The zero-order valence-electron chi connectivity index (χ0n) is 19.8. The molecule has 31 heavy (non-hydrogen) atoms. The lowest BCUT2D eigenvalue weighted by Crippen LogP contribution is -2.35. The standard InChI is InChI=1S/C27H34N2OS/c1-9-14-29-23(17-31-25(29)28-20-12-10-18(2)11-13-20)19-15-21(26(3,4)5)24(30)22(16-19)27(6,7)8/h9-13,15-17,30H,1,14H2,2-8H3/p+1. The summed E-state index contributed by atoms with van der Waals surface area (Å²) in [6.45, 7) is 19.6. The van der Waals surface area contributed by atoms with E-state index in [1.165, 1.54) is 5.56 Å². The summed E-state index contributed by atoms with van der Waals surface area (Å²) >= 11 is 1.68. The highest BCUT2D eigenvalue weighted by atomic mass is 32.1. The predicted octanol–water partition coefficient (Wildman–Crippen LogP) is 7.24. The summed E-state index contributed by atoms with van der Waals surface area (Å²) in [6, 6.07) is 12.7. The number of hydrogen-bond acceptors (Lipinski definition) is 3. The van der Waals surface area contributed by atoms with Crippen molar-refractivity contribution in [3.05, 3.63) is 71.1 Å². The Balaban J connectivity index is 2.16. The summed E-state index contributed by atoms with van der Waals surface area (Å²) in [5, 5.41) is 17.9. The van der Waals surface area contributed by atoms with Crippen LogP contribution in [0.15, 0.2) is 54.4 Å². The van der Waals surface area contributed by atoms with E-state index in [2.05, 4.69) is 107 Å². The van der Waals surface area contributed by atoms with Crippen LogP contribution in [0.4, 0.5) is 10.8 Å². The molecule has 0 aliphatic heterocycles. The van der Waals surface area contributed by atoms with E-state index in [0.29, 0.717) is 12.3 Å². The molecule has 3 aromatic rings. The summed E-state index contributed by atoms with van der Waals surface area (Å²) in [5.74, 6) is 0.409. The van der Waals surface area contributed by atoms with E-state index >= 15 is 0 Å². The van der Waals surface area contributed by atoms with Gasteiger partial charge in [0.05, 0.1) is 0 Å². The van der Waals surface area contributed by atoms with Gasteiger partial charge in [0, 0.05) is 22.1 Å². The maximum Gasteiger partial charge on any atom is 0.339 e. The van der Waals surface area contributed by atoms with Crippen molar-refractivity contribution in [3.63, 3.8) is 0 Å². The number of thiazole rings is 1. The zero-order chi connectivity index (χ0) is 23.0. The average Bonchev–Trinajstić information content (AvgIpc) is 3.05. The van der Waals surface area contributed by atoms with Gasteiger partial charge in [0.15, 0.2) is 0 Å². The summed E-state index contributed by atoms with van der Waals surface area (Å²) in [6.07, 6.45) is 1.92. The molecule has 3 nitrogen and oxygen atoms in total. The number of allylic oxidation sites excluding steroid dienone is 1. The number of aryl methyl sites for hydroxylation is 1. The van der Waals surface area contributed by atoms with Gasteiger partial charge in [-0.1, -0.05) is 83.2 Å². The number of rotatable bonds is 5. The molecule has 0 saturated carbocycles. The molecular weight excluding hydrogens is 400 g/mol. The molecule has 0 aliphatic rings. The first-order chi connectivity index (χ1) is 14.4. The molecular formula is C27H35N2OS+. The fraction of sp³-hybridized carbons (Fsp3) is 0.370. The SMILES string of the molecule is C=CC[n+]1c(-c2cc(C(C)(C)C)c(O)c(C(C)(C)C)c2)csc1Nc1ccc(C)cc1. The fourth-order valence-electron chi connectivity index (χ4n) is 3.67. The Bertz CT molecular complexity index is 1040. The minimum Gasteiger partial charge on any atom is -0.507 e. The molecule has 0 bridgehead atoms. The maximum absolute atomic E-state index is 11.1. The molecule has 3 rings (SSSR count). The molecule has 0 spiro atoms. The van der Waals surface area contributed by atoms with Crippen LogP contribution in [0.1, 0.15) is 58.2 Å². The van der Waals surface area contributed by atoms with E-state index in [4.69, 9.17) is 0 Å². The third-order valence-electron chi connectivity index (χ3n) is 5.45. The minimum absolute atomic E-state index is 0.164. The van der Waals surface area contributed by atoms with Crippen molar-refractivity contribution in [2.24, 2.45) is 0 Å². The van der Waals surface area contributed by atoms with Gasteiger partial charge in [0.2, 0.25) is 0 Å². The van der Waals surface area contributed by atoms with Gasteiger partial charge in [-0.25, -0.2) is 9.88 Å². The Hall–Kier alpha value is -2.59. The second-order valence-electron chi connectivity index (χ2n) is 10.2. The van der Waals surface area contributed by atoms with Crippen molar-refractivity contribution >= 4 is 22.2 Å². The second-order valence-corrected chi connectivity index (χ2v) is 11.1. The van der Waals surface area contributed by atoms with E-state index in [1.807, 2.05) is 6.08 Å². The second kappa shape index (κ2) is 8.51. The molecule has 0 atom stereocenters. The van der Waals surface area contributed by atoms with Crippen molar-refractivity contribution in [3.8, 4) is 17.0 Å². The van der Waals surface area contributed by atoms with Crippen molar-refractivity contribution in [1.82, 2.24) is 0 Å². The van der Waals surface area contributed by atoms with E-state index in [-0.39, 0.29) is 10.8 Å². The zero-order valence-corrected chi connectivity index (χ0v) is 20.7. The van der Waals surface area contributed by atoms with Crippen molar-refractivity contribution in [1.29, 1.82) is 0 Å². The average molecular weight is 436 g/mol. The normalized spacial score (nSPS) is 12.1. The summed E-state index contributed by atoms with van der Waals surface area (Å²) < 4.78 is 2.25. The van der Waals surface area contributed by atoms with E-state index < -0.39 is 0 Å². The molecule has 1 aromatic heterocycles. The van der Waals surface area contributed by atoms with Gasteiger partial charge in [-0.15, -0.1) is 0 Å². The highest BCUT2D eigenvalue weighted by molar-refractivity contribution is 7.13. The lowest BCUT2D eigenvalue weighted by Gasteiger charge is -2.28. The number of benzene rings is 2. The van der Waals surface area contributed by atoms with Gasteiger partial charge < -0.3 is 5.11 Å². The molecule has 164 valence electrons. The third-order valence-corrected chi connectivity index (χ3v) is 6.34. The Morgan fingerprint density at radius 1 is 1.00 bits per heavy atom. The van der Waals surface area contributed by atoms with Gasteiger partial charge in [0.1, 0.15) is 23.7 Å². The van der Waals surface area contributed by atoms with Crippen LogP contribution < -0.4 is 9.88 Å². The van der Waals surface area contributed by atoms with Crippen LogP contribution in [0.2, 0.25) is 0 Å². The maximum atomic E-state index is 11.1. The molecule has 4 heteroatoms. The number of aromatic nitrogens is 1. The summed E-state index contributed by atoms with van der Waals surface area (Å²) in [4.78, 5) is 0. The molecule has 1 heterocycles. The van der Waals surface area contributed by atoms with Crippen LogP contribution in [-0.4, -0.2) is 5.11 Å². The number of phenols is 1. The molecule has 0 radical (unpaired) electrons. The predicted molar refractivity (Wildman–Crippen MR) is 134 cm³/mol. The van der Waals surface area contributed by atoms with Crippen molar-refractivity contribution in [2.45, 2.75) is 65.8 Å². The van der Waals surface area contributed by atoms with Gasteiger partial charge in [0.25, 0.3) is 0 Å². The quantitative estimate of drug-likeness (QED) is 0.327. The Morgan fingerprint density at radius 2 is 1.55 bits per heavy atom. The van der Waals surface area contributed by atoms with Crippen LogP contribution in [0.5, 0.6) is 5.75 Å². The summed E-state index contributed by atoms with van der Waals surface area (Å²) in [5.41, 5.74) is 6.15. The highest BCUT2D eigenvalue weighted by Crippen LogP contribution is 2.42. The van der Waals surface area contributed by atoms with Gasteiger partial charge in [-0.3, -0.25) is 0 Å². The van der Waals surface area contributed by atoms with Crippen LogP contribution >= 0.6 is 11.3 Å². The van der Waals surface area contributed by atoms with Gasteiger partial charge in [-0.2, -0.15) is 0 Å². The number of hydrogen-bond donors (Lipinski definition) is 2. The number of nitrogens with one attached hydrogen (secondary N) is 1. The van der Waals surface area contributed by atoms with Crippen molar-refractivity contribution in [2.75, 3.05) is 5.32 Å². The first-order valence-electron chi connectivity index (χ1n) is 10.8. The first-order valence-corrected chi connectivity index (χ1v) is 11.6. The van der Waals surface area contributed by atoms with Gasteiger partial charge in [-0.05, 0) is 42.0 Å². The third kappa shape index (κ3) is 5.01. The monoisotopic (exact) mass is 435 g/mol. The Kier molecular flexibility index (Phi) is 6.33. The first kappa shape index (κ1) is 23.1. The lowest BCUT2D eigenvalue weighted by atomic mass is 9.78.